The van der Waals surface area contributed by atoms with Crippen LogP contribution in [0, 0.1) is 0 Å². The van der Waals surface area contributed by atoms with Crippen molar-refractivity contribution < 1.29 is 0 Å². The SMILES string of the molecule is CCCCc1ccc(/N=C(\C)c2cccc(/C(C)=N/c3ccc(CCCC)cc3)n2)cc1. The first-order valence-electron chi connectivity index (χ1n) is 11.8. The van der Waals surface area contributed by atoms with Gasteiger partial charge in [-0.05, 0) is 87.1 Å². The minimum absolute atomic E-state index is 0.877. The monoisotopic (exact) mass is 425 g/mol. The van der Waals surface area contributed by atoms with Crippen LogP contribution in [-0.2, 0) is 12.8 Å². The summed E-state index contributed by atoms with van der Waals surface area (Å²) >= 11 is 0. The van der Waals surface area contributed by atoms with Crippen LogP contribution in [-0.4, -0.2) is 16.4 Å². The fourth-order valence-electron chi connectivity index (χ4n) is 3.58. The third kappa shape index (κ3) is 6.98. The van der Waals surface area contributed by atoms with Crippen LogP contribution in [0.15, 0.2) is 76.7 Å². The molecule has 0 atom stereocenters. The first-order valence-corrected chi connectivity index (χ1v) is 11.8. The number of hydrogen-bond acceptors (Lipinski definition) is 3. The summed E-state index contributed by atoms with van der Waals surface area (Å²) in [6.45, 7) is 8.47. The largest absolute Gasteiger partial charge is 0.252 e. The number of unbranched alkanes of at least 4 members (excludes halogenated alkanes) is 2. The van der Waals surface area contributed by atoms with E-state index in [1.54, 1.807) is 0 Å². The number of aliphatic imine (C=N–C) groups is 2. The van der Waals surface area contributed by atoms with Gasteiger partial charge in [0.1, 0.15) is 0 Å². The molecule has 3 heteroatoms. The normalized spacial score (nSPS) is 12.2. The van der Waals surface area contributed by atoms with E-state index in [2.05, 4.69) is 62.4 Å². The van der Waals surface area contributed by atoms with Gasteiger partial charge < -0.3 is 0 Å². The van der Waals surface area contributed by atoms with Gasteiger partial charge in [0.15, 0.2) is 0 Å². The molecule has 0 unspecified atom stereocenters. The van der Waals surface area contributed by atoms with E-state index in [1.807, 2.05) is 32.0 Å². The van der Waals surface area contributed by atoms with Crippen molar-refractivity contribution in [1.29, 1.82) is 0 Å². The Hall–Kier alpha value is -3.07. The second kappa shape index (κ2) is 12.1. The Morgan fingerprint density at radius 3 is 1.41 bits per heavy atom. The van der Waals surface area contributed by atoms with Crippen molar-refractivity contribution in [3.05, 3.63) is 89.2 Å². The number of aryl methyl sites for hydroxylation is 2. The smallest absolute Gasteiger partial charge is 0.0849 e. The molecule has 0 N–H and O–H groups in total. The molecule has 3 rings (SSSR count). The lowest BCUT2D eigenvalue weighted by Gasteiger charge is -2.06. The van der Waals surface area contributed by atoms with Gasteiger partial charge >= 0.3 is 0 Å². The first kappa shape index (κ1) is 23.6. The molecule has 0 aliphatic carbocycles. The maximum atomic E-state index is 4.82. The number of nitrogens with zero attached hydrogens (tertiary/aromatic N) is 3. The Balaban J connectivity index is 1.73. The van der Waals surface area contributed by atoms with Gasteiger partial charge in [0, 0.05) is 0 Å². The standard InChI is InChI=1S/C29H35N3/c1-5-7-10-24-14-18-26(19-15-24)30-22(3)28-12-9-13-29(32-28)23(4)31-27-20-16-25(17-21-27)11-8-6-2/h9,12-21H,5-8,10-11H2,1-4H3/b30-22+,31-23+. The van der Waals surface area contributed by atoms with E-state index in [4.69, 9.17) is 15.0 Å². The van der Waals surface area contributed by atoms with Crippen molar-refractivity contribution in [2.75, 3.05) is 0 Å². The van der Waals surface area contributed by atoms with Gasteiger partial charge in [-0.25, -0.2) is 4.98 Å². The average Bonchev–Trinajstić information content (AvgIpc) is 2.83. The van der Waals surface area contributed by atoms with E-state index in [0.717, 1.165) is 47.0 Å². The highest BCUT2D eigenvalue weighted by atomic mass is 14.8. The maximum absolute atomic E-state index is 4.82. The zero-order valence-corrected chi connectivity index (χ0v) is 19.9. The van der Waals surface area contributed by atoms with Gasteiger partial charge in [-0.2, -0.15) is 0 Å². The van der Waals surface area contributed by atoms with Gasteiger partial charge in [-0.15, -0.1) is 0 Å². The summed E-state index contributed by atoms with van der Waals surface area (Å²) in [5.74, 6) is 0. The summed E-state index contributed by atoms with van der Waals surface area (Å²) in [6, 6.07) is 23.1. The maximum Gasteiger partial charge on any atom is 0.0849 e. The highest BCUT2D eigenvalue weighted by Crippen LogP contribution is 2.18. The van der Waals surface area contributed by atoms with Crippen molar-refractivity contribution in [2.45, 2.75) is 66.2 Å². The van der Waals surface area contributed by atoms with Crippen LogP contribution in [0.2, 0.25) is 0 Å². The van der Waals surface area contributed by atoms with E-state index in [9.17, 15) is 0 Å². The third-order valence-corrected chi connectivity index (χ3v) is 5.59. The van der Waals surface area contributed by atoms with Crippen LogP contribution < -0.4 is 0 Å². The highest BCUT2D eigenvalue weighted by molar-refractivity contribution is 6.02. The molecule has 3 nitrogen and oxygen atoms in total. The molecule has 1 aromatic heterocycles. The predicted octanol–water partition coefficient (Wildman–Crippen LogP) is 8.05. The van der Waals surface area contributed by atoms with Crippen molar-refractivity contribution in [3.63, 3.8) is 0 Å². The highest BCUT2D eigenvalue weighted by Gasteiger charge is 2.05. The fraction of sp³-hybridized carbons (Fsp3) is 0.345. The number of hydrogen-bond donors (Lipinski definition) is 0. The summed E-state index contributed by atoms with van der Waals surface area (Å²) < 4.78 is 0. The number of aromatic nitrogens is 1. The molecular weight excluding hydrogens is 390 g/mol. The Bertz CT molecular complexity index is 962. The Morgan fingerprint density at radius 1 is 0.625 bits per heavy atom. The van der Waals surface area contributed by atoms with Crippen LogP contribution >= 0.6 is 0 Å². The lowest BCUT2D eigenvalue weighted by atomic mass is 10.1. The summed E-state index contributed by atoms with van der Waals surface area (Å²) in [4.78, 5) is 14.4. The zero-order valence-electron chi connectivity index (χ0n) is 19.9. The summed E-state index contributed by atoms with van der Waals surface area (Å²) in [5, 5.41) is 0. The molecule has 166 valence electrons. The lowest BCUT2D eigenvalue weighted by Crippen LogP contribution is -2.05. The average molecular weight is 426 g/mol. The molecular formula is C29H35N3. The molecule has 0 aliphatic rings. The van der Waals surface area contributed by atoms with Gasteiger partial charge in [0.25, 0.3) is 0 Å². The third-order valence-electron chi connectivity index (χ3n) is 5.59. The fourth-order valence-corrected chi connectivity index (χ4v) is 3.58. The summed E-state index contributed by atoms with van der Waals surface area (Å²) in [5.41, 5.74) is 8.22. The number of pyridine rings is 1. The van der Waals surface area contributed by atoms with E-state index in [-0.39, 0.29) is 0 Å². The Morgan fingerprint density at radius 2 is 1.03 bits per heavy atom. The Kier molecular flexibility index (Phi) is 8.91. The molecule has 0 bridgehead atoms. The zero-order chi connectivity index (χ0) is 22.8. The van der Waals surface area contributed by atoms with Gasteiger partial charge in [0.2, 0.25) is 0 Å². The number of benzene rings is 2. The molecule has 1 heterocycles. The molecule has 0 fully saturated rings. The van der Waals surface area contributed by atoms with Gasteiger partial charge in [-0.3, -0.25) is 9.98 Å². The molecule has 0 saturated heterocycles. The van der Waals surface area contributed by atoms with Gasteiger partial charge in [0.05, 0.1) is 34.2 Å². The van der Waals surface area contributed by atoms with Crippen LogP contribution in [0.4, 0.5) is 11.4 Å². The molecule has 2 aromatic carbocycles. The van der Waals surface area contributed by atoms with Crippen LogP contribution in [0.3, 0.4) is 0 Å². The number of rotatable bonds is 10. The molecule has 0 radical (unpaired) electrons. The van der Waals surface area contributed by atoms with Gasteiger partial charge in [-0.1, -0.05) is 57.0 Å². The minimum atomic E-state index is 0.877. The predicted molar refractivity (Wildman–Crippen MR) is 138 cm³/mol. The molecule has 0 saturated carbocycles. The van der Waals surface area contributed by atoms with Crippen molar-refractivity contribution in [1.82, 2.24) is 4.98 Å². The molecule has 0 amide bonds. The summed E-state index contributed by atoms with van der Waals surface area (Å²) in [6.07, 6.45) is 7.14. The van der Waals surface area contributed by atoms with E-state index in [0.29, 0.717) is 0 Å². The summed E-state index contributed by atoms with van der Waals surface area (Å²) in [7, 11) is 0. The molecule has 0 spiro atoms. The lowest BCUT2D eigenvalue weighted by molar-refractivity contribution is 0.795. The van der Waals surface area contributed by atoms with Crippen LogP contribution in [0.25, 0.3) is 0 Å². The van der Waals surface area contributed by atoms with Crippen LogP contribution in [0.1, 0.15) is 75.9 Å². The Labute approximate surface area is 193 Å². The van der Waals surface area contributed by atoms with Crippen LogP contribution in [0.5, 0.6) is 0 Å². The van der Waals surface area contributed by atoms with Crippen molar-refractivity contribution >= 4 is 22.8 Å². The first-order chi connectivity index (χ1) is 15.6. The molecule has 32 heavy (non-hydrogen) atoms. The second-order valence-corrected chi connectivity index (χ2v) is 8.34. The molecule has 0 aliphatic heterocycles. The minimum Gasteiger partial charge on any atom is -0.252 e. The van der Waals surface area contributed by atoms with Crippen molar-refractivity contribution in [3.8, 4) is 0 Å². The van der Waals surface area contributed by atoms with E-state index < -0.39 is 0 Å². The van der Waals surface area contributed by atoms with Crippen molar-refractivity contribution in [2.24, 2.45) is 9.98 Å². The van der Waals surface area contributed by atoms with E-state index in [1.165, 1.54) is 36.8 Å². The quantitative estimate of drug-likeness (QED) is 0.303. The molecule has 3 aromatic rings. The second-order valence-electron chi connectivity index (χ2n) is 8.34. The topological polar surface area (TPSA) is 37.6 Å². The van der Waals surface area contributed by atoms with E-state index >= 15 is 0 Å².